The molecule has 5 rings (SSSR count). The Bertz CT molecular complexity index is 1030. The second-order valence-corrected chi connectivity index (χ2v) is 8.46. The first-order valence-corrected chi connectivity index (χ1v) is 11.0. The fourth-order valence-electron chi connectivity index (χ4n) is 4.66. The van der Waals surface area contributed by atoms with Gasteiger partial charge in [-0.2, -0.15) is 0 Å². The summed E-state index contributed by atoms with van der Waals surface area (Å²) >= 11 is 0. The van der Waals surface area contributed by atoms with Crippen LogP contribution in [0.25, 0.3) is 0 Å². The van der Waals surface area contributed by atoms with Gasteiger partial charge in [0.2, 0.25) is 0 Å². The molecular weight excluding hydrogens is 376 g/mol. The molecule has 2 nitrogen and oxygen atoms in total. The third-order valence-electron chi connectivity index (χ3n) is 6.29. The average molecular weight is 405 g/mol. The van der Waals surface area contributed by atoms with E-state index in [-0.39, 0.29) is 12.1 Å². The zero-order valence-electron chi connectivity index (χ0n) is 18.1. The number of hydrogen-bond donors (Lipinski definition) is 0. The molecule has 1 fully saturated rings. The van der Waals surface area contributed by atoms with Gasteiger partial charge in [-0.15, -0.1) is 0 Å². The highest BCUT2D eigenvalue weighted by Gasteiger charge is 2.42. The first kappa shape index (κ1) is 19.4. The zero-order chi connectivity index (χ0) is 21.2. The minimum atomic E-state index is 0.214. The molecule has 0 spiro atoms. The maximum Gasteiger partial charge on any atom is 0.0917 e. The van der Waals surface area contributed by atoms with Crippen molar-refractivity contribution < 1.29 is 0 Å². The zero-order valence-corrected chi connectivity index (χ0v) is 18.1. The van der Waals surface area contributed by atoms with Crippen LogP contribution in [0.4, 0.5) is 11.4 Å². The first-order chi connectivity index (χ1) is 15.2. The normalized spacial score (nSPS) is 18.4. The smallest absolute Gasteiger partial charge is 0.0917 e. The van der Waals surface area contributed by atoms with Gasteiger partial charge in [-0.05, 0) is 49.2 Å². The van der Waals surface area contributed by atoms with E-state index < -0.39 is 0 Å². The van der Waals surface area contributed by atoms with E-state index in [1.54, 1.807) is 0 Å². The summed E-state index contributed by atoms with van der Waals surface area (Å²) in [6, 6.07) is 40.2. The van der Waals surface area contributed by atoms with Crippen LogP contribution in [0.15, 0.2) is 109 Å². The summed E-state index contributed by atoms with van der Waals surface area (Å²) in [5, 5.41) is 0. The lowest BCUT2D eigenvalue weighted by molar-refractivity contribution is 0.618. The third-order valence-corrected chi connectivity index (χ3v) is 6.29. The average Bonchev–Trinajstić information content (AvgIpc) is 3.22. The molecule has 4 aromatic rings. The van der Waals surface area contributed by atoms with E-state index in [0.29, 0.717) is 0 Å². The monoisotopic (exact) mass is 404 g/mol. The van der Waals surface area contributed by atoms with Crippen molar-refractivity contribution in [3.63, 3.8) is 0 Å². The summed E-state index contributed by atoms with van der Waals surface area (Å²) in [4.78, 5) is 5.09. The second-order valence-electron chi connectivity index (χ2n) is 8.46. The van der Waals surface area contributed by atoms with E-state index in [4.69, 9.17) is 0 Å². The van der Waals surface area contributed by atoms with Gasteiger partial charge in [-0.1, -0.05) is 96.1 Å². The predicted molar refractivity (Wildman–Crippen MR) is 131 cm³/mol. The van der Waals surface area contributed by atoms with Crippen molar-refractivity contribution in [2.45, 2.75) is 25.9 Å². The van der Waals surface area contributed by atoms with Gasteiger partial charge < -0.3 is 9.80 Å². The van der Waals surface area contributed by atoms with Crippen molar-refractivity contribution in [3.05, 3.63) is 131 Å². The van der Waals surface area contributed by atoms with Gasteiger partial charge >= 0.3 is 0 Å². The van der Waals surface area contributed by atoms with Gasteiger partial charge in [-0.25, -0.2) is 0 Å². The number of hydrogen-bond acceptors (Lipinski definition) is 2. The first-order valence-electron chi connectivity index (χ1n) is 11.0. The number of para-hydroxylation sites is 2. The summed E-state index contributed by atoms with van der Waals surface area (Å²) in [5.41, 5.74) is 7.78. The lowest BCUT2D eigenvalue weighted by Crippen LogP contribution is -2.26. The summed E-state index contributed by atoms with van der Waals surface area (Å²) in [7, 11) is 0. The lowest BCUT2D eigenvalue weighted by Gasteiger charge is -2.31. The van der Waals surface area contributed by atoms with Gasteiger partial charge in [0, 0.05) is 11.4 Å². The molecule has 0 saturated carbocycles. The fourth-order valence-corrected chi connectivity index (χ4v) is 4.66. The van der Waals surface area contributed by atoms with Crippen LogP contribution < -0.4 is 9.80 Å². The van der Waals surface area contributed by atoms with E-state index in [1.807, 2.05) is 0 Å². The standard InChI is InChI=1S/C29H28N2/c1-22-13-17-24(18-14-22)28-29(25-19-15-23(2)16-20-25)31(27-11-7-4-8-12-27)21-30(28)26-9-5-3-6-10-26/h3-20,28-29H,21H2,1-2H3. The van der Waals surface area contributed by atoms with Gasteiger partial charge in [0.25, 0.3) is 0 Å². The van der Waals surface area contributed by atoms with Gasteiger partial charge in [0.05, 0.1) is 18.8 Å². The maximum atomic E-state index is 2.54. The Labute approximate surface area is 185 Å². The van der Waals surface area contributed by atoms with Gasteiger partial charge in [0.1, 0.15) is 0 Å². The van der Waals surface area contributed by atoms with Crippen molar-refractivity contribution in [1.29, 1.82) is 0 Å². The van der Waals surface area contributed by atoms with E-state index in [1.165, 1.54) is 33.6 Å². The van der Waals surface area contributed by atoms with Crippen LogP contribution in [0.3, 0.4) is 0 Å². The van der Waals surface area contributed by atoms with Crippen molar-refractivity contribution in [1.82, 2.24) is 0 Å². The molecule has 31 heavy (non-hydrogen) atoms. The molecule has 1 saturated heterocycles. The summed E-state index contributed by atoms with van der Waals surface area (Å²) in [6.45, 7) is 5.15. The molecule has 0 aliphatic carbocycles. The molecular formula is C29H28N2. The topological polar surface area (TPSA) is 6.48 Å². The molecule has 0 N–H and O–H groups in total. The van der Waals surface area contributed by atoms with Gasteiger partial charge in [-0.3, -0.25) is 0 Å². The molecule has 1 aliphatic rings. The summed E-state index contributed by atoms with van der Waals surface area (Å²) in [6.07, 6.45) is 0. The minimum Gasteiger partial charge on any atom is -0.344 e. The Morgan fingerprint density at radius 2 is 0.839 bits per heavy atom. The molecule has 4 aromatic carbocycles. The van der Waals surface area contributed by atoms with Crippen molar-refractivity contribution >= 4 is 11.4 Å². The van der Waals surface area contributed by atoms with Crippen LogP contribution in [-0.4, -0.2) is 6.67 Å². The highest BCUT2D eigenvalue weighted by molar-refractivity contribution is 5.60. The van der Waals surface area contributed by atoms with Crippen LogP contribution in [0.1, 0.15) is 34.3 Å². The van der Waals surface area contributed by atoms with Crippen LogP contribution in [0.2, 0.25) is 0 Å². The minimum absolute atomic E-state index is 0.214. The highest BCUT2D eigenvalue weighted by atomic mass is 15.4. The van der Waals surface area contributed by atoms with E-state index >= 15 is 0 Å². The molecule has 0 bridgehead atoms. The van der Waals surface area contributed by atoms with Crippen molar-refractivity contribution in [3.8, 4) is 0 Å². The fraction of sp³-hybridized carbons (Fsp3) is 0.172. The molecule has 2 atom stereocenters. The molecule has 0 amide bonds. The SMILES string of the molecule is Cc1ccc(C2C(c3ccc(C)cc3)N(c3ccccc3)CN2c2ccccc2)cc1. The lowest BCUT2D eigenvalue weighted by atomic mass is 9.91. The predicted octanol–water partition coefficient (Wildman–Crippen LogP) is 7.07. The Balaban J connectivity index is 1.69. The van der Waals surface area contributed by atoms with Crippen molar-refractivity contribution in [2.24, 2.45) is 0 Å². The Morgan fingerprint density at radius 1 is 0.484 bits per heavy atom. The Hall–Kier alpha value is -3.52. The molecule has 1 aliphatic heterocycles. The quantitative estimate of drug-likeness (QED) is 0.359. The molecule has 154 valence electrons. The third kappa shape index (κ3) is 3.82. The van der Waals surface area contributed by atoms with E-state index in [9.17, 15) is 0 Å². The summed E-state index contributed by atoms with van der Waals surface area (Å²) in [5.74, 6) is 0. The number of anilines is 2. The van der Waals surface area contributed by atoms with Gasteiger partial charge in [0.15, 0.2) is 0 Å². The number of rotatable bonds is 4. The molecule has 2 unspecified atom stereocenters. The summed E-state index contributed by atoms with van der Waals surface area (Å²) < 4.78 is 0. The molecule has 2 heteroatoms. The molecule has 1 heterocycles. The number of benzene rings is 4. The van der Waals surface area contributed by atoms with Crippen LogP contribution in [0.5, 0.6) is 0 Å². The molecule has 0 radical (unpaired) electrons. The highest BCUT2D eigenvalue weighted by Crippen LogP contribution is 2.47. The van der Waals surface area contributed by atoms with Crippen LogP contribution in [0, 0.1) is 13.8 Å². The largest absolute Gasteiger partial charge is 0.344 e. The Kier molecular flexibility index (Phi) is 5.21. The van der Waals surface area contributed by atoms with Crippen LogP contribution >= 0.6 is 0 Å². The Morgan fingerprint density at radius 3 is 1.19 bits per heavy atom. The second kappa shape index (κ2) is 8.31. The molecule has 0 aromatic heterocycles. The van der Waals surface area contributed by atoms with Crippen LogP contribution in [-0.2, 0) is 0 Å². The number of aryl methyl sites for hydroxylation is 2. The van der Waals surface area contributed by atoms with E-state index in [2.05, 4.69) is 133 Å². The van der Waals surface area contributed by atoms with E-state index in [0.717, 1.165) is 6.67 Å². The number of nitrogens with zero attached hydrogens (tertiary/aromatic N) is 2. The maximum absolute atomic E-state index is 2.54. The van der Waals surface area contributed by atoms with Crippen molar-refractivity contribution in [2.75, 3.05) is 16.5 Å².